The Bertz CT molecular complexity index is 1000. The molecule has 1 fully saturated rings. The lowest BCUT2D eigenvalue weighted by molar-refractivity contribution is -0.139. The standard InChI is InChI=1S/C25H30N4O3S/c1-3-32-24(30)22-21(17-28-13-15-29(16-14-28)19-7-5-4-6-8-19)26-25(31)27-23(22)18-9-11-20(33-2)12-10-18/h4-12,23H,3,13-17H2,1-2H3,(H2,26,27,31)/t23-/m1/s1. The van der Waals surface area contributed by atoms with Crippen LogP contribution in [-0.4, -0.2) is 62.5 Å². The lowest BCUT2D eigenvalue weighted by Crippen LogP contribution is -2.51. The number of carbonyl (C=O) groups is 2. The van der Waals surface area contributed by atoms with Crippen molar-refractivity contribution >= 4 is 29.4 Å². The number of amides is 2. The first-order valence-electron chi connectivity index (χ1n) is 11.2. The Morgan fingerprint density at radius 3 is 2.39 bits per heavy atom. The Hall–Kier alpha value is -2.97. The van der Waals surface area contributed by atoms with E-state index in [1.807, 2.05) is 36.6 Å². The molecule has 2 aromatic rings. The van der Waals surface area contributed by atoms with E-state index in [9.17, 15) is 9.59 Å². The van der Waals surface area contributed by atoms with Crippen LogP contribution in [-0.2, 0) is 9.53 Å². The fourth-order valence-corrected chi connectivity index (χ4v) is 4.67. The van der Waals surface area contributed by atoms with Crippen molar-refractivity contribution in [3.05, 3.63) is 71.4 Å². The van der Waals surface area contributed by atoms with Gasteiger partial charge in [0.05, 0.1) is 18.2 Å². The number of rotatable bonds is 7. The zero-order valence-electron chi connectivity index (χ0n) is 19.0. The molecule has 0 aromatic heterocycles. The van der Waals surface area contributed by atoms with E-state index in [0.29, 0.717) is 17.8 Å². The highest BCUT2D eigenvalue weighted by Gasteiger charge is 2.34. The van der Waals surface area contributed by atoms with Crippen molar-refractivity contribution in [3.63, 3.8) is 0 Å². The number of carbonyl (C=O) groups excluding carboxylic acids is 2. The minimum atomic E-state index is -0.547. The summed E-state index contributed by atoms with van der Waals surface area (Å²) in [6.45, 7) is 6.00. The lowest BCUT2D eigenvalue weighted by Gasteiger charge is -2.38. The van der Waals surface area contributed by atoms with Gasteiger partial charge in [-0.1, -0.05) is 30.3 Å². The van der Waals surface area contributed by atoms with Gasteiger partial charge in [0.1, 0.15) is 0 Å². The van der Waals surface area contributed by atoms with Gasteiger partial charge in [-0.25, -0.2) is 9.59 Å². The van der Waals surface area contributed by atoms with Gasteiger partial charge in [-0.05, 0) is 43.0 Å². The molecule has 0 aliphatic carbocycles. The van der Waals surface area contributed by atoms with Crippen molar-refractivity contribution in [2.24, 2.45) is 0 Å². The molecule has 2 heterocycles. The van der Waals surface area contributed by atoms with Crippen LogP contribution in [0.25, 0.3) is 0 Å². The van der Waals surface area contributed by atoms with E-state index in [-0.39, 0.29) is 12.6 Å². The summed E-state index contributed by atoms with van der Waals surface area (Å²) >= 11 is 1.65. The smallest absolute Gasteiger partial charge is 0.338 e. The Balaban J connectivity index is 1.56. The highest BCUT2D eigenvalue weighted by molar-refractivity contribution is 7.98. The van der Waals surface area contributed by atoms with Crippen molar-refractivity contribution in [1.29, 1.82) is 0 Å². The van der Waals surface area contributed by atoms with Crippen LogP contribution >= 0.6 is 11.8 Å². The number of anilines is 1. The van der Waals surface area contributed by atoms with Crippen LogP contribution in [0.5, 0.6) is 0 Å². The largest absolute Gasteiger partial charge is 0.463 e. The van der Waals surface area contributed by atoms with Gasteiger partial charge < -0.3 is 20.3 Å². The second kappa shape index (κ2) is 10.8. The summed E-state index contributed by atoms with van der Waals surface area (Å²) in [7, 11) is 0. The number of benzene rings is 2. The Morgan fingerprint density at radius 2 is 1.76 bits per heavy atom. The monoisotopic (exact) mass is 466 g/mol. The third-order valence-corrected chi connectivity index (χ3v) is 6.72. The summed E-state index contributed by atoms with van der Waals surface area (Å²) in [6, 6.07) is 17.4. The molecule has 0 saturated carbocycles. The molecule has 2 amide bonds. The molecule has 1 saturated heterocycles. The maximum Gasteiger partial charge on any atom is 0.338 e. The van der Waals surface area contributed by atoms with Gasteiger partial charge in [0.2, 0.25) is 0 Å². The molecule has 4 rings (SSSR count). The third kappa shape index (κ3) is 5.51. The van der Waals surface area contributed by atoms with Gasteiger partial charge in [0.15, 0.2) is 0 Å². The minimum Gasteiger partial charge on any atom is -0.463 e. The average Bonchev–Trinajstić information content (AvgIpc) is 2.85. The maximum absolute atomic E-state index is 13.0. The SMILES string of the molecule is CCOC(=O)C1=C(CN2CCN(c3ccccc3)CC2)NC(=O)N[C@@H]1c1ccc(SC)cc1. The van der Waals surface area contributed by atoms with Crippen LogP contribution in [0.1, 0.15) is 18.5 Å². The van der Waals surface area contributed by atoms with E-state index in [2.05, 4.69) is 44.7 Å². The summed E-state index contributed by atoms with van der Waals surface area (Å²) in [6.07, 6.45) is 2.01. The van der Waals surface area contributed by atoms with Gasteiger partial charge in [-0.15, -0.1) is 11.8 Å². The number of piperazine rings is 1. The molecule has 0 bridgehead atoms. The molecule has 2 N–H and O–H groups in total. The van der Waals surface area contributed by atoms with Gasteiger partial charge in [-0.3, -0.25) is 4.90 Å². The summed E-state index contributed by atoms with van der Waals surface area (Å²) in [5.74, 6) is -0.401. The van der Waals surface area contributed by atoms with Crippen molar-refractivity contribution in [2.75, 3.05) is 50.5 Å². The third-order valence-electron chi connectivity index (χ3n) is 5.97. The van der Waals surface area contributed by atoms with Crippen LogP contribution in [0.3, 0.4) is 0 Å². The highest BCUT2D eigenvalue weighted by Crippen LogP contribution is 2.30. The van der Waals surface area contributed by atoms with Crippen molar-refractivity contribution in [1.82, 2.24) is 15.5 Å². The minimum absolute atomic E-state index is 0.275. The molecule has 0 radical (unpaired) electrons. The molecule has 8 heteroatoms. The van der Waals surface area contributed by atoms with E-state index in [0.717, 1.165) is 36.6 Å². The highest BCUT2D eigenvalue weighted by atomic mass is 32.2. The molecular formula is C25H30N4O3S. The fraction of sp³-hybridized carbons (Fsp3) is 0.360. The number of hydrogen-bond donors (Lipinski definition) is 2. The van der Waals surface area contributed by atoms with Crippen LogP contribution in [0.2, 0.25) is 0 Å². The number of hydrogen-bond acceptors (Lipinski definition) is 6. The molecule has 0 spiro atoms. The Labute approximate surface area is 199 Å². The topological polar surface area (TPSA) is 73.9 Å². The Morgan fingerprint density at radius 1 is 1.06 bits per heavy atom. The zero-order valence-corrected chi connectivity index (χ0v) is 19.9. The molecule has 0 unspecified atom stereocenters. The first-order chi connectivity index (χ1) is 16.1. The molecule has 1 atom stereocenters. The fourth-order valence-electron chi connectivity index (χ4n) is 4.27. The second-order valence-corrected chi connectivity index (χ2v) is 8.90. The number of thioether (sulfide) groups is 1. The number of esters is 1. The van der Waals surface area contributed by atoms with E-state index in [1.165, 1.54) is 5.69 Å². The number of nitrogens with zero attached hydrogens (tertiary/aromatic N) is 2. The molecule has 7 nitrogen and oxygen atoms in total. The molecule has 2 aliphatic heterocycles. The van der Waals surface area contributed by atoms with Gasteiger partial charge >= 0.3 is 12.0 Å². The van der Waals surface area contributed by atoms with Crippen molar-refractivity contribution in [3.8, 4) is 0 Å². The van der Waals surface area contributed by atoms with Crippen LogP contribution < -0.4 is 15.5 Å². The number of nitrogens with one attached hydrogen (secondary N) is 2. The number of para-hydroxylation sites is 1. The summed E-state index contributed by atoms with van der Waals surface area (Å²) in [5, 5.41) is 5.80. The molecule has 174 valence electrons. The molecule has 2 aromatic carbocycles. The van der Waals surface area contributed by atoms with E-state index in [1.54, 1.807) is 18.7 Å². The predicted octanol–water partition coefficient (Wildman–Crippen LogP) is 3.40. The van der Waals surface area contributed by atoms with Crippen molar-refractivity contribution < 1.29 is 14.3 Å². The summed E-state index contributed by atoms with van der Waals surface area (Å²) < 4.78 is 5.39. The van der Waals surface area contributed by atoms with Gasteiger partial charge in [0, 0.05) is 49.0 Å². The summed E-state index contributed by atoms with van der Waals surface area (Å²) in [4.78, 5) is 31.3. The summed E-state index contributed by atoms with van der Waals surface area (Å²) in [5.41, 5.74) is 3.16. The number of ether oxygens (including phenoxy) is 1. The Kier molecular flexibility index (Phi) is 7.57. The van der Waals surface area contributed by atoms with E-state index in [4.69, 9.17) is 4.74 Å². The van der Waals surface area contributed by atoms with Crippen LogP contribution in [0.15, 0.2) is 70.8 Å². The molecule has 2 aliphatic rings. The first kappa shape index (κ1) is 23.2. The average molecular weight is 467 g/mol. The van der Waals surface area contributed by atoms with Crippen LogP contribution in [0.4, 0.5) is 10.5 Å². The zero-order chi connectivity index (χ0) is 23.2. The molecular weight excluding hydrogens is 436 g/mol. The first-order valence-corrected chi connectivity index (χ1v) is 12.5. The normalized spacial score (nSPS) is 19.2. The van der Waals surface area contributed by atoms with Gasteiger partial charge in [0.25, 0.3) is 0 Å². The second-order valence-electron chi connectivity index (χ2n) is 8.02. The quantitative estimate of drug-likeness (QED) is 0.481. The van der Waals surface area contributed by atoms with Gasteiger partial charge in [-0.2, -0.15) is 0 Å². The predicted molar refractivity (Wildman–Crippen MR) is 131 cm³/mol. The lowest BCUT2D eigenvalue weighted by atomic mass is 9.95. The van der Waals surface area contributed by atoms with E-state index >= 15 is 0 Å². The molecule has 33 heavy (non-hydrogen) atoms. The number of urea groups is 1. The van der Waals surface area contributed by atoms with Crippen molar-refractivity contribution in [2.45, 2.75) is 17.9 Å². The maximum atomic E-state index is 13.0. The van der Waals surface area contributed by atoms with Crippen LogP contribution in [0, 0.1) is 0 Å². The van der Waals surface area contributed by atoms with E-state index < -0.39 is 12.0 Å².